The van der Waals surface area contributed by atoms with Gasteiger partial charge in [0.2, 0.25) is 0 Å². The molecule has 0 saturated carbocycles. The van der Waals surface area contributed by atoms with Crippen molar-refractivity contribution in [2.24, 2.45) is 0 Å². The van der Waals surface area contributed by atoms with Crippen molar-refractivity contribution >= 4 is 29.3 Å². The van der Waals surface area contributed by atoms with E-state index in [0.717, 1.165) is 33.8 Å². The number of aryl methyl sites for hydroxylation is 1. The Labute approximate surface area is 180 Å². The van der Waals surface area contributed by atoms with Gasteiger partial charge in [0.15, 0.2) is 5.37 Å². The summed E-state index contributed by atoms with van der Waals surface area (Å²) in [6, 6.07) is 9.25. The summed E-state index contributed by atoms with van der Waals surface area (Å²) in [5.74, 6) is 1.38. The van der Waals surface area contributed by atoms with Crippen molar-refractivity contribution in [1.29, 1.82) is 0 Å². The van der Waals surface area contributed by atoms with E-state index in [1.807, 2.05) is 42.6 Å². The van der Waals surface area contributed by atoms with Crippen LogP contribution in [0.5, 0.6) is 11.5 Å². The number of hydrogen-bond donors (Lipinski definition) is 1. The Morgan fingerprint density at radius 3 is 2.72 bits per heavy atom. The Kier molecular flexibility index (Phi) is 6.98. The lowest BCUT2D eigenvalue weighted by Crippen LogP contribution is -2.90. The van der Waals surface area contributed by atoms with Crippen LogP contribution in [0.1, 0.15) is 47.4 Å². The summed E-state index contributed by atoms with van der Waals surface area (Å²) in [5, 5.41) is 13.7. The van der Waals surface area contributed by atoms with Crippen LogP contribution < -0.4 is 19.9 Å². The molecule has 2 aromatic rings. The Morgan fingerprint density at radius 1 is 1.34 bits per heavy atom. The number of halogens is 1. The van der Waals surface area contributed by atoms with Crippen LogP contribution in [0.25, 0.3) is 0 Å². The van der Waals surface area contributed by atoms with Gasteiger partial charge in [-0.15, -0.1) is 0 Å². The van der Waals surface area contributed by atoms with E-state index in [9.17, 15) is 9.90 Å². The van der Waals surface area contributed by atoms with Gasteiger partial charge in [-0.2, -0.15) is 0 Å². The van der Waals surface area contributed by atoms with E-state index in [-0.39, 0.29) is 11.3 Å². The van der Waals surface area contributed by atoms with Gasteiger partial charge in [0.25, 0.3) is 0 Å². The van der Waals surface area contributed by atoms with Crippen molar-refractivity contribution in [3.05, 3.63) is 57.6 Å². The first-order chi connectivity index (χ1) is 13.8. The van der Waals surface area contributed by atoms with E-state index in [1.54, 1.807) is 18.9 Å². The minimum absolute atomic E-state index is 0.0195. The van der Waals surface area contributed by atoms with Crippen LogP contribution >= 0.6 is 23.4 Å². The van der Waals surface area contributed by atoms with Crippen LogP contribution in [0.3, 0.4) is 0 Å². The fourth-order valence-electron chi connectivity index (χ4n) is 3.50. The van der Waals surface area contributed by atoms with Gasteiger partial charge < -0.3 is 24.7 Å². The summed E-state index contributed by atoms with van der Waals surface area (Å²) in [4.78, 5) is 11.1. The topological polar surface area (TPSA) is 75.2 Å². The van der Waals surface area contributed by atoms with Gasteiger partial charge in [0.1, 0.15) is 30.1 Å². The number of ether oxygens (including phenoxy) is 2. The van der Waals surface area contributed by atoms with Crippen LogP contribution in [-0.4, -0.2) is 24.9 Å². The third-order valence-corrected chi connectivity index (χ3v) is 6.62. The van der Waals surface area contributed by atoms with Crippen LogP contribution in [0.2, 0.25) is 5.02 Å². The summed E-state index contributed by atoms with van der Waals surface area (Å²) in [5.41, 5.74) is 4.02. The lowest BCUT2D eigenvalue weighted by Gasteiger charge is -2.19. The van der Waals surface area contributed by atoms with Crippen molar-refractivity contribution in [3.63, 3.8) is 0 Å². The van der Waals surface area contributed by atoms with Gasteiger partial charge >= 0.3 is 0 Å². The number of rotatable bonds is 7. The van der Waals surface area contributed by atoms with Crippen molar-refractivity contribution in [1.82, 2.24) is 0 Å². The maximum Gasteiger partial charge on any atom is 0.159 e. The predicted octanol–water partition coefficient (Wildman–Crippen LogP) is 2.79. The van der Waals surface area contributed by atoms with E-state index in [1.165, 1.54) is 0 Å². The quantitative estimate of drug-likeness (QED) is 0.723. The van der Waals surface area contributed by atoms with Crippen molar-refractivity contribution < 1.29 is 24.7 Å². The first kappa shape index (κ1) is 21.8. The molecule has 29 heavy (non-hydrogen) atoms. The Balaban J connectivity index is 1.84. The molecule has 2 atom stereocenters. The summed E-state index contributed by atoms with van der Waals surface area (Å²) in [6.07, 6.45) is 0. The second-order valence-electron chi connectivity index (χ2n) is 7.53. The molecule has 2 N–H and O–H groups in total. The van der Waals surface area contributed by atoms with Crippen molar-refractivity contribution in [2.45, 2.75) is 44.7 Å². The molecule has 0 unspecified atom stereocenters. The van der Waals surface area contributed by atoms with Gasteiger partial charge in [-0.1, -0.05) is 37.2 Å². The minimum atomic E-state index is -1.02. The van der Waals surface area contributed by atoms with E-state index >= 15 is 0 Å². The standard InChI is InChI=1S/C22H26ClNO4S/c1-12(2)17-9-16(23)7-13(3)20(17)28-10-15-8-14(5-6-19(15)27-4)21-24-18(11-29-21)22(25)26/h5-9,12,18,21,24H,10-11H2,1-4H3,(H,25,26)/t18-,21+/m0/s1. The number of quaternary nitrogens is 1. The number of benzene rings is 2. The Hall–Kier alpha value is -1.89. The molecule has 2 aromatic carbocycles. The van der Waals surface area contributed by atoms with E-state index in [0.29, 0.717) is 17.4 Å². The zero-order chi connectivity index (χ0) is 21.1. The molecule has 0 aliphatic carbocycles. The lowest BCUT2D eigenvalue weighted by atomic mass is 9.99. The fraction of sp³-hybridized carbons (Fsp3) is 0.409. The van der Waals surface area contributed by atoms with Crippen LogP contribution in [-0.2, 0) is 11.4 Å². The predicted molar refractivity (Wildman–Crippen MR) is 114 cm³/mol. The molecule has 3 rings (SSSR count). The highest BCUT2D eigenvalue weighted by Gasteiger charge is 2.31. The summed E-state index contributed by atoms with van der Waals surface area (Å²) in [7, 11) is 1.63. The number of carboxylic acids is 1. The highest BCUT2D eigenvalue weighted by molar-refractivity contribution is 7.99. The van der Waals surface area contributed by atoms with Crippen LogP contribution in [0.15, 0.2) is 30.3 Å². The average Bonchev–Trinajstić information content (AvgIpc) is 3.17. The average molecular weight is 436 g/mol. The maximum atomic E-state index is 11.1. The van der Waals surface area contributed by atoms with E-state index < -0.39 is 12.0 Å². The molecular weight excluding hydrogens is 410 g/mol. The largest absolute Gasteiger partial charge is 0.544 e. The van der Waals surface area contributed by atoms with Crippen LogP contribution in [0, 0.1) is 6.92 Å². The SMILES string of the molecule is COc1ccc([C@@H]2[NH2+][C@H](C(=O)[O-])CS2)cc1COc1c(C)cc(Cl)cc1C(C)C. The number of aliphatic carboxylic acids is 1. The second kappa shape index (κ2) is 9.28. The Bertz CT molecular complexity index is 903. The normalized spacial score (nSPS) is 18.8. The minimum Gasteiger partial charge on any atom is -0.544 e. The molecular formula is C22H26ClNO4S. The van der Waals surface area contributed by atoms with E-state index in [4.69, 9.17) is 21.1 Å². The molecule has 0 aromatic heterocycles. The summed E-state index contributed by atoms with van der Waals surface area (Å²) in [6.45, 7) is 6.56. The highest BCUT2D eigenvalue weighted by atomic mass is 35.5. The van der Waals surface area contributed by atoms with E-state index in [2.05, 4.69) is 13.8 Å². The molecule has 7 heteroatoms. The Morgan fingerprint density at radius 2 is 2.10 bits per heavy atom. The molecule has 0 bridgehead atoms. The van der Waals surface area contributed by atoms with Crippen LogP contribution in [0.4, 0.5) is 0 Å². The van der Waals surface area contributed by atoms with Gasteiger partial charge in [-0.05, 0) is 54.3 Å². The molecule has 0 radical (unpaired) electrons. The monoisotopic (exact) mass is 435 g/mol. The number of carboxylic acid groups (broad SMARTS) is 1. The molecule has 1 aliphatic rings. The highest BCUT2D eigenvalue weighted by Crippen LogP contribution is 2.35. The molecule has 0 amide bonds. The number of thioether (sulfide) groups is 1. The number of nitrogens with two attached hydrogens (primary N) is 1. The zero-order valence-electron chi connectivity index (χ0n) is 17.0. The number of hydrogen-bond acceptors (Lipinski definition) is 5. The second-order valence-corrected chi connectivity index (χ2v) is 9.14. The third-order valence-electron chi connectivity index (χ3n) is 5.06. The molecule has 1 fully saturated rings. The molecule has 156 valence electrons. The molecule has 1 aliphatic heterocycles. The molecule has 0 spiro atoms. The number of carbonyl (C=O) groups excluding carboxylic acids is 1. The van der Waals surface area contributed by atoms with Gasteiger partial charge in [-0.25, -0.2) is 0 Å². The number of carbonyl (C=O) groups is 1. The van der Waals surface area contributed by atoms with Crippen molar-refractivity contribution in [3.8, 4) is 11.5 Å². The lowest BCUT2D eigenvalue weighted by molar-refractivity contribution is -0.690. The van der Waals surface area contributed by atoms with Gasteiger partial charge in [0, 0.05) is 16.1 Å². The first-order valence-corrected chi connectivity index (χ1v) is 11.0. The zero-order valence-corrected chi connectivity index (χ0v) is 18.6. The first-order valence-electron chi connectivity index (χ1n) is 9.57. The molecule has 1 saturated heterocycles. The molecule has 1 heterocycles. The number of methoxy groups -OCH3 is 1. The maximum absolute atomic E-state index is 11.1. The fourth-order valence-corrected chi connectivity index (χ4v) is 5.09. The van der Waals surface area contributed by atoms with Gasteiger partial charge in [-0.3, -0.25) is 0 Å². The van der Waals surface area contributed by atoms with Gasteiger partial charge in [0.05, 0.1) is 12.9 Å². The smallest absolute Gasteiger partial charge is 0.159 e. The summed E-state index contributed by atoms with van der Waals surface area (Å²) < 4.78 is 11.7. The molecule has 5 nitrogen and oxygen atoms in total. The van der Waals surface area contributed by atoms with Crippen molar-refractivity contribution in [2.75, 3.05) is 12.9 Å². The summed E-state index contributed by atoms with van der Waals surface area (Å²) >= 11 is 7.84. The third kappa shape index (κ3) is 5.00.